The topological polar surface area (TPSA) is 81.1 Å². The van der Waals surface area contributed by atoms with Gasteiger partial charge in [-0.15, -0.1) is 12.4 Å². The zero-order valence-corrected chi connectivity index (χ0v) is 9.66. The molecule has 0 aliphatic rings. The summed E-state index contributed by atoms with van der Waals surface area (Å²) in [6.07, 6.45) is 0. The van der Waals surface area contributed by atoms with Crippen LogP contribution in [0.2, 0.25) is 0 Å². The Morgan fingerprint density at radius 3 is 1.67 bits per heavy atom. The summed E-state index contributed by atoms with van der Waals surface area (Å²) in [5, 5.41) is 17.0. The van der Waals surface area contributed by atoms with Crippen LogP contribution in [-0.2, 0) is 9.59 Å². The second kappa shape index (κ2) is 8.46. The highest BCUT2D eigenvalue weighted by molar-refractivity contribution is 5.85. The van der Waals surface area contributed by atoms with E-state index in [0.717, 1.165) is 0 Å². The first kappa shape index (κ1) is 16.6. The molecule has 0 radical (unpaired) electrons. The zero-order chi connectivity index (χ0) is 11.1. The lowest BCUT2D eigenvalue weighted by molar-refractivity contribution is -0.141. The van der Waals surface area contributed by atoms with Crippen molar-refractivity contribution in [3.8, 4) is 0 Å². The van der Waals surface area contributed by atoms with E-state index >= 15 is 0 Å². The van der Waals surface area contributed by atoms with Gasteiger partial charge >= 0.3 is 11.9 Å². The van der Waals surface area contributed by atoms with Gasteiger partial charge < -0.3 is 15.1 Å². The molecule has 15 heavy (non-hydrogen) atoms. The Morgan fingerprint density at radius 2 is 1.40 bits per heavy atom. The quantitative estimate of drug-likeness (QED) is 0.621. The van der Waals surface area contributed by atoms with Gasteiger partial charge in [-0.2, -0.15) is 0 Å². The molecule has 0 fully saturated rings. The standard InChI is InChI=1S/C8H16N2O4.ClH/c1-9(2)3-4-10(5-7(11)12)6-8(13)14;/h3-6H2,1-2H3,(H,11,12)(H,13,14);1H. The summed E-state index contributed by atoms with van der Waals surface area (Å²) in [7, 11) is 3.69. The van der Waals surface area contributed by atoms with Gasteiger partial charge in [0.05, 0.1) is 13.1 Å². The predicted octanol–water partition coefficient (Wildman–Crippen LogP) is -0.559. The normalized spacial score (nSPS) is 10.1. The van der Waals surface area contributed by atoms with E-state index in [1.807, 2.05) is 19.0 Å². The molecule has 0 aromatic carbocycles. The molecular weight excluding hydrogens is 224 g/mol. The van der Waals surface area contributed by atoms with E-state index in [0.29, 0.717) is 13.1 Å². The molecule has 0 aliphatic carbocycles. The lowest BCUT2D eigenvalue weighted by atomic mass is 10.4. The number of hydrogen-bond donors (Lipinski definition) is 2. The third-order valence-electron chi connectivity index (χ3n) is 1.58. The monoisotopic (exact) mass is 240 g/mol. The smallest absolute Gasteiger partial charge is 0.317 e. The van der Waals surface area contributed by atoms with Gasteiger partial charge in [-0.05, 0) is 14.1 Å². The number of rotatable bonds is 7. The van der Waals surface area contributed by atoms with E-state index in [4.69, 9.17) is 10.2 Å². The van der Waals surface area contributed by atoms with Gasteiger partial charge in [0.1, 0.15) is 0 Å². The average Bonchev–Trinajstić information content (AvgIpc) is 1.97. The molecule has 0 spiro atoms. The first-order valence-electron chi connectivity index (χ1n) is 4.22. The summed E-state index contributed by atoms with van der Waals surface area (Å²) in [4.78, 5) is 24.0. The van der Waals surface area contributed by atoms with Gasteiger partial charge in [-0.1, -0.05) is 0 Å². The van der Waals surface area contributed by atoms with Crippen LogP contribution in [0.25, 0.3) is 0 Å². The molecule has 90 valence electrons. The Balaban J connectivity index is 0. The van der Waals surface area contributed by atoms with Crippen molar-refractivity contribution in [1.29, 1.82) is 0 Å². The minimum atomic E-state index is -1.01. The van der Waals surface area contributed by atoms with Crippen LogP contribution < -0.4 is 0 Å². The molecule has 0 rings (SSSR count). The summed E-state index contributed by atoms with van der Waals surface area (Å²) in [6.45, 7) is 0.604. The first-order chi connectivity index (χ1) is 6.41. The molecule has 0 unspecified atom stereocenters. The molecule has 0 bridgehead atoms. The van der Waals surface area contributed by atoms with E-state index in [9.17, 15) is 9.59 Å². The Morgan fingerprint density at radius 1 is 1.00 bits per heavy atom. The summed E-state index contributed by atoms with van der Waals surface area (Å²) < 4.78 is 0. The number of halogens is 1. The van der Waals surface area contributed by atoms with E-state index in [2.05, 4.69) is 0 Å². The number of carboxylic acids is 2. The summed E-state index contributed by atoms with van der Waals surface area (Å²) in [6, 6.07) is 0. The van der Waals surface area contributed by atoms with Crippen LogP contribution in [0.1, 0.15) is 0 Å². The fourth-order valence-corrected chi connectivity index (χ4v) is 0.938. The number of likely N-dealkylation sites (N-methyl/N-ethyl adjacent to an activating group) is 1. The van der Waals surface area contributed by atoms with Crippen molar-refractivity contribution >= 4 is 24.3 Å². The van der Waals surface area contributed by atoms with E-state index in [1.54, 1.807) is 0 Å². The highest BCUT2D eigenvalue weighted by atomic mass is 35.5. The maximum atomic E-state index is 10.4. The highest BCUT2D eigenvalue weighted by Crippen LogP contribution is 1.89. The molecule has 7 heteroatoms. The van der Waals surface area contributed by atoms with Crippen LogP contribution in [0.15, 0.2) is 0 Å². The van der Waals surface area contributed by atoms with E-state index in [-0.39, 0.29) is 25.5 Å². The van der Waals surface area contributed by atoms with Crippen LogP contribution in [-0.4, -0.2) is 72.2 Å². The van der Waals surface area contributed by atoms with Gasteiger partial charge in [0.2, 0.25) is 0 Å². The maximum absolute atomic E-state index is 10.4. The van der Waals surface area contributed by atoms with Crippen molar-refractivity contribution in [2.45, 2.75) is 0 Å². The number of carbonyl (C=O) groups is 2. The molecular formula is C8H17ClN2O4. The van der Waals surface area contributed by atoms with E-state index < -0.39 is 11.9 Å². The number of hydrogen-bond acceptors (Lipinski definition) is 4. The zero-order valence-electron chi connectivity index (χ0n) is 8.84. The van der Waals surface area contributed by atoms with Crippen molar-refractivity contribution in [2.24, 2.45) is 0 Å². The first-order valence-corrected chi connectivity index (χ1v) is 4.22. The Bertz CT molecular complexity index is 195. The summed E-state index contributed by atoms with van der Waals surface area (Å²) >= 11 is 0. The molecule has 0 aromatic rings. The van der Waals surface area contributed by atoms with Gasteiger partial charge in [-0.3, -0.25) is 14.5 Å². The fourth-order valence-electron chi connectivity index (χ4n) is 0.938. The Hall–Kier alpha value is -0.850. The second-order valence-electron chi connectivity index (χ2n) is 3.30. The molecule has 0 amide bonds. The average molecular weight is 241 g/mol. The highest BCUT2D eigenvalue weighted by Gasteiger charge is 2.12. The van der Waals surface area contributed by atoms with Crippen LogP contribution in [0, 0.1) is 0 Å². The molecule has 2 N–H and O–H groups in total. The molecule has 0 aliphatic heterocycles. The molecule has 0 aromatic heterocycles. The van der Waals surface area contributed by atoms with Crippen molar-refractivity contribution in [2.75, 3.05) is 40.3 Å². The third kappa shape index (κ3) is 11.1. The van der Waals surface area contributed by atoms with Gasteiger partial charge in [-0.25, -0.2) is 0 Å². The van der Waals surface area contributed by atoms with Crippen LogP contribution in [0.4, 0.5) is 0 Å². The summed E-state index contributed by atoms with van der Waals surface area (Å²) in [5.74, 6) is -2.02. The Labute approximate surface area is 94.9 Å². The van der Waals surface area contributed by atoms with Gasteiger partial charge in [0.15, 0.2) is 0 Å². The SMILES string of the molecule is CN(C)CCN(CC(=O)O)CC(=O)O.Cl. The second-order valence-corrected chi connectivity index (χ2v) is 3.30. The number of aliphatic carboxylic acids is 2. The van der Waals surface area contributed by atoms with Gasteiger partial charge in [0, 0.05) is 13.1 Å². The van der Waals surface area contributed by atoms with Crippen molar-refractivity contribution in [1.82, 2.24) is 9.80 Å². The number of carboxylic acid groups (broad SMARTS) is 2. The predicted molar refractivity (Wildman–Crippen MR) is 57.5 cm³/mol. The Kier molecular flexibility index (Phi) is 9.35. The van der Waals surface area contributed by atoms with Crippen LogP contribution in [0.5, 0.6) is 0 Å². The van der Waals surface area contributed by atoms with Crippen molar-refractivity contribution in [3.63, 3.8) is 0 Å². The minimum absolute atomic E-state index is 0. The molecule has 0 saturated heterocycles. The summed E-state index contributed by atoms with van der Waals surface area (Å²) in [5.41, 5.74) is 0. The molecule has 0 heterocycles. The van der Waals surface area contributed by atoms with E-state index in [1.165, 1.54) is 4.90 Å². The van der Waals surface area contributed by atoms with Crippen LogP contribution >= 0.6 is 12.4 Å². The molecule has 0 saturated carbocycles. The maximum Gasteiger partial charge on any atom is 0.317 e. The fraction of sp³-hybridized carbons (Fsp3) is 0.750. The van der Waals surface area contributed by atoms with Crippen molar-refractivity contribution < 1.29 is 19.8 Å². The number of nitrogens with zero attached hydrogens (tertiary/aromatic N) is 2. The van der Waals surface area contributed by atoms with Crippen molar-refractivity contribution in [3.05, 3.63) is 0 Å². The minimum Gasteiger partial charge on any atom is -0.480 e. The largest absolute Gasteiger partial charge is 0.480 e. The lowest BCUT2D eigenvalue weighted by Crippen LogP contribution is -2.38. The lowest BCUT2D eigenvalue weighted by Gasteiger charge is -2.20. The third-order valence-corrected chi connectivity index (χ3v) is 1.58. The van der Waals surface area contributed by atoms with Crippen LogP contribution in [0.3, 0.4) is 0 Å². The van der Waals surface area contributed by atoms with Gasteiger partial charge in [0.25, 0.3) is 0 Å². The molecule has 0 atom stereocenters. The molecule has 6 nitrogen and oxygen atoms in total.